The number of amides is 1. The number of aliphatic carboxylic acids is 1. The molecule has 1 aliphatic heterocycles. The highest BCUT2D eigenvalue weighted by atomic mass is 19.1. The van der Waals surface area contributed by atoms with Crippen LogP contribution in [0, 0.1) is 5.82 Å². The third kappa shape index (κ3) is 6.14. The predicted octanol–water partition coefficient (Wildman–Crippen LogP) is 6.87. The zero-order valence-corrected chi connectivity index (χ0v) is 22.6. The van der Waals surface area contributed by atoms with Gasteiger partial charge in [-0.25, -0.2) is 9.37 Å². The Kier molecular flexibility index (Phi) is 8.39. The summed E-state index contributed by atoms with van der Waals surface area (Å²) in [7, 11) is 1.69. The number of fused-ring (bicyclic) bond motifs is 1. The molecule has 40 heavy (non-hydrogen) atoms. The van der Waals surface area contributed by atoms with Crippen LogP contribution in [0.1, 0.15) is 59.5 Å². The van der Waals surface area contributed by atoms with Gasteiger partial charge in [0, 0.05) is 36.0 Å². The molecule has 2 heterocycles. The van der Waals surface area contributed by atoms with Crippen LogP contribution in [0.2, 0.25) is 0 Å². The third-order valence-electron chi connectivity index (χ3n) is 7.71. The van der Waals surface area contributed by atoms with Gasteiger partial charge in [-0.05, 0) is 104 Å². The molecule has 0 atom stereocenters. The van der Waals surface area contributed by atoms with Crippen LogP contribution in [0.5, 0.6) is 5.75 Å². The number of piperidine rings is 1. The van der Waals surface area contributed by atoms with Crippen molar-refractivity contribution in [2.75, 3.05) is 20.2 Å². The van der Waals surface area contributed by atoms with E-state index in [9.17, 15) is 14.0 Å². The maximum Gasteiger partial charge on any atom is 0.303 e. The second-order valence-electron chi connectivity index (χ2n) is 10.3. The highest BCUT2D eigenvalue weighted by Crippen LogP contribution is 2.35. The topological polar surface area (TPSA) is 79.7 Å². The minimum atomic E-state index is -0.814. The Morgan fingerprint density at radius 3 is 2.48 bits per heavy atom. The van der Waals surface area contributed by atoms with Gasteiger partial charge in [-0.3, -0.25) is 9.59 Å². The molecule has 5 rings (SSSR count). The fourth-order valence-electron chi connectivity index (χ4n) is 5.57. The van der Waals surface area contributed by atoms with Crippen LogP contribution in [0.4, 0.5) is 4.39 Å². The van der Waals surface area contributed by atoms with Gasteiger partial charge in [0.2, 0.25) is 0 Å². The number of carbonyl (C=O) groups is 2. The normalized spacial score (nSPS) is 13.9. The van der Waals surface area contributed by atoms with Gasteiger partial charge in [0.1, 0.15) is 11.6 Å². The SMILES string of the molecule is COc1ccccc1C1CCN(C(=O)c2ccc3nc(-c4ccc(F)cc4)c(CCCCC(=O)O)cc3c2)CC1. The Morgan fingerprint density at radius 2 is 1.75 bits per heavy atom. The Morgan fingerprint density at radius 1 is 1.00 bits per heavy atom. The zero-order valence-electron chi connectivity index (χ0n) is 22.6. The largest absolute Gasteiger partial charge is 0.496 e. The summed E-state index contributed by atoms with van der Waals surface area (Å²) < 4.78 is 19.1. The molecule has 4 aromatic rings. The van der Waals surface area contributed by atoms with Gasteiger partial charge in [0.25, 0.3) is 5.91 Å². The number of nitrogens with zero attached hydrogens (tertiary/aromatic N) is 2. The molecule has 1 N–H and O–H groups in total. The van der Waals surface area contributed by atoms with Crippen LogP contribution < -0.4 is 4.74 Å². The van der Waals surface area contributed by atoms with Crippen LogP contribution in [0.15, 0.2) is 72.8 Å². The number of aromatic nitrogens is 1. The lowest BCUT2D eigenvalue weighted by Gasteiger charge is -2.33. The number of methoxy groups -OCH3 is 1. The van der Waals surface area contributed by atoms with Crippen molar-refractivity contribution >= 4 is 22.8 Å². The molecule has 0 spiro atoms. The van der Waals surface area contributed by atoms with Crippen molar-refractivity contribution in [3.8, 4) is 17.0 Å². The minimum Gasteiger partial charge on any atom is -0.496 e. The number of halogens is 1. The Bertz CT molecular complexity index is 1510. The lowest BCUT2D eigenvalue weighted by molar-refractivity contribution is -0.137. The van der Waals surface area contributed by atoms with Crippen LogP contribution in [-0.2, 0) is 11.2 Å². The van der Waals surface area contributed by atoms with Gasteiger partial charge in [-0.1, -0.05) is 18.2 Å². The molecular formula is C33H33FN2O4. The zero-order chi connectivity index (χ0) is 28.1. The summed E-state index contributed by atoms with van der Waals surface area (Å²) in [6.45, 7) is 1.35. The molecule has 206 valence electrons. The number of ether oxygens (including phenoxy) is 1. The van der Waals surface area contributed by atoms with Crippen LogP contribution in [0.3, 0.4) is 0 Å². The predicted molar refractivity (Wildman–Crippen MR) is 153 cm³/mol. The number of carboxylic acid groups (broad SMARTS) is 1. The van der Waals surface area contributed by atoms with E-state index >= 15 is 0 Å². The molecule has 0 bridgehead atoms. The number of rotatable bonds is 9. The second kappa shape index (κ2) is 12.3. The van der Waals surface area contributed by atoms with Crippen LogP contribution >= 0.6 is 0 Å². The third-order valence-corrected chi connectivity index (χ3v) is 7.71. The molecule has 0 aliphatic carbocycles. The number of pyridine rings is 1. The first-order chi connectivity index (χ1) is 19.4. The number of unbranched alkanes of at least 4 members (excludes halogenated alkanes) is 1. The van der Waals surface area contributed by atoms with Crippen molar-refractivity contribution < 1.29 is 23.8 Å². The Hall–Kier alpha value is -4.26. The number of hydrogen-bond donors (Lipinski definition) is 1. The summed E-state index contributed by atoms with van der Waals surface area (Å²) in [5.74, 6) is 0.127. The number of carboxylic acids is 1. The first kappa shape index (κ1) is 27.3. The van der Waals surface area contributed by atoms with Crippen molar-refractivity contribution in [1.82, 2.24) is 9.88 Å². The highest BCUT2D eigenvalue weighted by molar-refractivity contribution is 5.98. The van der Waals surface area contributed by atoms with E-state index in [1.807, 2.05) is 47.4 Å². The lowest BCUT2D eigenvalue weighted by Crippen LogP contribution is -2.38. The number of aryl methyl sites for hydroxylation is 1. The van der Waals surface area contributed by atoms with E-state index in [4.69, 9.17) is 14.8 Å². The van der Waals surface area contributed by atoms with E-state index in [2.05, 4.69) is 6.07 Å². The number of likely N-dealkylation sites (tertiary alicyclic amines) is 1. The summed E-state index contributed by atoms with van der Waals surface area (Å²) in [6, 6.07) is 21.9. The summed E-state index contributed by atoms with van der Waals surface area (Å²) in [5.41, 5.74) is 5.07. The van der Waals surface area contributed by atoms with E-state index in [0.717, 1.165) is 46.3 Å². The van der Waals surface area contributed by atoms with Gasteiger partial charge in [-0.15, -0.1) is 0 Å². The molecule has 1 saturated heterocycles. The quantitative estimate of drug-likeness (QED) is 0.235. The first-order valence-electron chi connectivity index (χ1n) is 13.8. The molecule has 1 fully saturated rings. The van der Waals surface area contributed by atoms with Gasteiger partial charge < -0.3 is 14.7 Å². The monoisotopic (exact) mass is 540 g/mol. The highest BCUT2D eigenvalue weighted by Gasteiger charge is 2.26. The number of carbonyl (C=O) groups excluding carboxylic acids is 1. The molecule has 1 amide bonds. The molecule has 3 aromatic carbocycles. The van der Waals surface area contributed by atoms with E-state index < -0.39 is 5.97 Å². The number of para-hydroxylation sites is 1. The lowest BCUT2D eigenvalue weighted by atomic mass is 9.88. The molecule has 6 nitrogen and oxygen atoms in total. The standard InChI is InChI=1S/C33H33FN2O4/c1-40-30-8-4-3-7-28(30)22-16-18-36(19-17-22)33(39)25-12-15-29-26(21-25)20-24(6-2-5-9-31(37)38)32(35-29)23-10-13-27(34)14-11-23/h3-4,7-8,10-15,20-22H,2,5-6,9,16-19H2,1H3,(H,37,38). The fourth-order valence-corrected chi connectivity index (χ4v) is 5.57. The fraction of sp³-hybridized carbons (Fsp3) is 0.303. The Balaban J connectivity index is 1.36. The van der Waals surface area contributed by atoms with Crippen LogP contribution in [0.25, 0.3) is 22.2 Å². The van der Waals surface area contributed by atoms with Crippen molar-refractivity contribution in [3.63, 3.8) is 0 Å². The number of hydrogen-bond acceptors (Lipinski definition) is 4. The average molecular weight is 541 g/mol. The molecule has 1 aromatic heterocycles. The van der Waals surface area contributed by atoms with Crippen molar-refractivity contribution in [1.29, 1.82) is 0 Å². The Labute approximate surface area is 233 Å². The smallest absolute Gasteiger partial charge is 0.303 e. The minimum absolute atomic E-state index is 0.00555. The van der Waals surface area contributed by atoms with E-state index in [1.165, 1.54) is 17.7 Å². The van der Waals surface area contributed by atoms with Crippen molar-refractivity contribution in [2.24, 2.45) is 0 Å². The average Bonchev–Trinajstić information content (AvgIpc) is 2.98. The summed E-state index contributed by atoms with van der Waals surface area (Å²) in [6.07, 6.45) is 3.75. The molecule has 7 heteroatoms. The number of benzene rings is 3. The summed E-state index contributed by atoms with van der Waals surface area (Å²) in [4.78, 5) is 31.2. The molecule has 0 unspecified atom stereocenters. The maximum absolute atomic E-state index is 13.6. The van der Waals surface area contributed by atoms with E-state index in [1.54, 1.807) is 19.2 Å². The van der Waals surface area contributed by atoms with Gasteiger partial charge in [-0.2, -0.15) is 0 Å². The van der Waals surface area contributed by atoms with E-state index in [0.29, 0.717) is 43.8 Å². The van der Waals surface area contributed by atoms with Crippen molar-refractivity contribution in [2.45, 2.75) is 44.4 Å². The van der Waals surface area contributed by atoms with E-state index in [-0.39, 0.29) is 18.1 Å². The summed E-state index contributed by atoms with van der Waals surface area (Å²) >= 11 is 0. The van der Waals surface area contributed by atoms with Gasteiger partial charge in [0.15, 0.2) is 0 Å². The first-order valence-corrected chi connectivity index (χ1v) is 13.8. The maximum atomic E-state index is 13.6. The van der Waals surface area contributed by atoms with Crippen molar-refractivity contribution in [3.05, 3.63) is 95.3 Å². The molecule has 0 saturated carbocycles. The molecular weight excluding hydrogens is 507 g/mol. The summed E-state index contributed by atoms with van der Waals surface area (Å²) in [5, 5.41) is 9.86. The van der Waals surface area contributed by atoms with Gasteiger partial charge >= 0.3 is 5.97 Å². The molecule has 0 radical (unpaired) electrons. The van der Waals surface area contributed by atoms with Gasteiger partial charge in [0.05, 0.1) is 18.3 Å². The van der Waals surface area contributed by atoms with Crippen LogP contribution in [-0.4, -0.2) is 47.1 Å². The second-order valence-corrected chi connectivity index (χ2v) is 10.3. The molecule has 1 aliphatic rings.